The lowest BCUT2D eigenvalue weighted by Gasteiger charge is -2.36. The highest BCUT2D eigenvalue weighted by Crippen LogP contribution is 2.25. The van der Waals surface area contributed by atoms with Gasteiger partial charge in [-0.3, -0.25) is 4.79 Å². The van der Waals surface area contributed by atoms with Crippen LogP contribution in [0.1, 0.15) is 59.8 Å². The molecule has 0 aromatic carbocycles. The van der Waals surface area contributed by atoms with Crippen LogP contribution in [-0.4, -0.2) is 41.5 Å². The van der Waals surface area contributed by atoms with Crippen LogP contribution in [0.4, 0.5) is 0 Å². The molecule has 19 heavy (non-hydrogen) atoms. The van der Waals surface area contributed by atoms with Gasteiger partial charge in [-0.15, -0.1) is 0 Å². The maximum Gasteiger partial charge on any atom is 0.237 e. The van der Waals surface area contributed by atoms with E-state index in [1.54, 1.807) is 0 Å². The molecule has 112 valence electrons. The van der Waals surface area contributed by atoms with Gasteiger partial charge in [-0.25, -0.2) is 0 Å². The lowest BCUT2D eigenvalue weighted by atomic mass is 9.93. The number of hydrogen-bond acceptors (Lipinski definition) is 3. The summed E-state index contributed by atoms with van der Waals surface area (Å²) in [7, 11) is 2.15. The largest absolute Gasteiger partial charge is 0.368 e. The van der Waals surface area contributed by atoms with Gasteiger partial charge < -0.3 is 16.0 Å². The number of nitrogens with one attached hydrogen (secondary N) is 1. The zero-order valence-electron chi connectivity index (χ0n) is 13.3. The smallest absolute Gasteiger partial charge is 0.237 e. The third-order valence-corrected chi connectivity index (χ3v) is 4.71. The molecule has 4 heteroatoms. The third-order valence-electron chi connectivity index (χ3n) is 4.71. The van der Waals surface area contributed by atoms with Gasteiger partial charge in [-0.05, 0) is 66.5 Å². The molecular formula is C15H31N3O. The summed E-state index contributed by atoms with van der Waals surface area (Å²) in [5.74, 6) is -0.225. The zero-order valence-corrected chi connectivity index (χ0v) is 13.3. The van der Waals surface area contributed by atoms with E-state index in [1.165, 1.54) is 12.8 Å². The molecule has 0 aromatic heterocycles. The van der Waals surface area contributed by atoms with Crippen molar-refractivity contribution in [2.45, 2.75) is 76.9 Å². The highest BCUT2D eigenvalue weighted by molar-refractivity contribution is 5.84. The van der Waals surface area contributed by atoms with Crippen LogP contribution in [0, 0.1) is 0 Å². The van der Waals surface area contributed by atoms with E-state index in [0.29, 0.717) is 6.04 Å². The first-order valence-corrected chi connectivity index (χ1v) is 7.50. The Morgan fingerprint density at radius 2 is 1.95 bits per heavy atom. The summed E-state index contributed by atoms with van der Waals surface area (Å²) in [5, 5.41) is 3.40. The number of carbonyl (C=O) groups is 1. The molecular weight excluding hydrogens is 238 g/mol. The molecule has 3 N–H and O–H groups in total. The molecule has 0 bridgehead atoms. The van der Waals surface area contributed by atoms with E-state index in [4.69, 9.17) is 5.73 Å². The minimum absolute atomic E-state index is 0.215. The fourth-order valence-electron chi connectivity index (χ4n) is 2.19. The summed E-state index contributed by atoms with van der Waals surface area (Å²) >= 11 is 0. The standard InChI is InChI=1S/C15H31N3O/c1-6-14(2,3)18(5)11-7-10-15(4,13(16)19)17-12-8-9-12/h12,17H,6-11H2,1-5H3,(H2,16,19). The van der Waals surface area contributed by atoms with E-state index in [1.807, 2.05) is 6.92 Å². The second kappa shape index (κ2) is 6.23. The topological polar surface area (TPSA) is 58.4 Å². The van der Waals surface area contributed by atoms with Crippen LogP contribution < -0.4 is 11.1 Å². The molecule has 1 amide bonds. The minimum Gasteiger partial charge on any atom is -0.368 e. The number of nitrogens with two attached hydrogens (primary N) is 1. The molecule has 1 aliphatic rings. The molecule has 1 unspecified atom stereocenters. The number of rotatable bonds is 9. The van der Waals surface area contributed by atoms with Gasteiger partial charge in [0.05, 0.1) is 5.54 Å². The van der Waals surface area contributed by atoms with E-state index in [2.05, 4.69) is 38.0 Å². The van der Waals surface area contributed by atoms with Gasteiger partial charge >= 0.3 is 0 Å². The van der Waals surface area contributed by atoms with Crippen LogP contribution in [0.2, 0.25) is 0 Å². The molecule has 0 spiro atoms. The summed E-state index contributed by atoms with van der Waals surface area (Å²) in [5.41, 5.74) is 5.23. The van der Waals surface area contributed by atoms with Crippen LogP contribution in [0.25, 0.3) is 0 Å². The van der Waals surface area contributed by atoms with Crippen LogP contribution in [0.3, 0.4) is 0 Å². The highest BCUT2D eigenvalue weighted by Gasteiger charge is 2.36. The van der Waals surface area contributed by atoms with Gasteiger partial charge in [0.2, 0.25) is 5.91 Å². The second-order valence-electron chi connectivity index (χ2n) is 6.81. The number of nitrogens with zero attached hydrogens (tertiary/aromatic N) is 1. The summed E-state index contributed by atoms with van der Waals surface area (Å²) in [6, 6.07) is 0.502. The SMILES string of the molecule is CCC(C)(C)N(C)CCCC(C)(NC1CC1)C(N)=O. The van der Waals surface area contributed by atoms with E-state index >= 15 is 0 Å². The molecule has 0 saturated heterocycles. The van der Waals surface area contributed by atoms with Crippen molar-refractivity contribution in [2.75, 3.05) is 13.6 Å². The first-order valence-electron chi connectivity index (χ1n) is 7.50. The number of amides is 1. The van der Waals surface area contributed by atoms with Crippen molar-refractivity contribution in [1.82, 2.24) is 10.2 Å². The highest BCUT2D eigenvalue weighted by atomic mass is 16.1. The Balaban J connectivity index is 2.42. The Hall–Kier alpha value is -0.610. The third kappa shape index (κ3) is 4.77. The lowest BCUT2D eigenvalue weighted by Crippen LogP contribution is -2.54. The summed E-state index contributed by atoms with van der Waals surface area (Å²) < 4.78 is 0. The molecule has 0 radical (unpaired) electrons. The van der Waals surface area contributed by atoms with Crippen molar-refractivity contribution < 1.29 is 4.79 Å². The molecule has 1 aliphatic carbocycles. The Morgan fingerprint density at radius 3 is 2.37 bits per heavy atom. The molecule has 1 rings (SSSR count). The van der Waals surface area contributed by atoms with Crippen molar-refractivity contribution >= 4 is 5.91 Å². The van der Waals surface area contributed by atoms with Gasteiger partial charge in [0, 0.05) is 11.6 Å². The Bertz CT molecular complexity index is 313. The second-order valence-corrected chi connectivity index (χ2v) is 6.81. The Labute approximate surface area is 118 Å². The molecule has 1 fully saturated rings. The van der Waals surface area contributed by atoms with Crippen molar-refractivity contribution in [3.8, 4) is 0 Å². The van der Waals surface area contributed by atoms with Crippen molar-refractivity contribution in [3.63, 3.8) is 0 Å². The van der Waals surface area contributed by atoms with Crippen LogP contribution in [-0.2, 0) is 4.79 Å². The number of carbonyl (C=O) groups excluding carboxylic acids is 1. The van der Waals surface area contributed by atoms with Crippen molar-refractivity contribution in [3.05, 3.63) is 0 Å². The maximum absolute atomic E-state index is 11.7. The Morgan fingerprint density at radius 1 is 1.37 bits per heavy atom. The number of primary amides is 1. The quantitative estimate of drug-likeness (QED) is 0.672. The van der Waals surface area contributed by atoms with Gasteiger partial charge in [0.25, 0.3) is 0 Å². The number of hydrogen-bond donors (Lipinski definition) is 2. The molecule has 0 aromatic rings. The van der Waals surface area contributed by atoms with Gasteiger partial charge in [0.15, 0.2) is 0 Å². The van der Waals surface area contributed by atoms with Gasteiger partial charge in [0.1, 0.15) is 0 Å². The van der Waals surface area contributed by atoms with Gasteiger partial charge in [-0.2, -0.15) is 0 Å². The Kier molecular flexibility index (Phi) is 5.39. The van der Waals surface area contributed by atoms with Crippen molar-refractivity contribution in [2.24, 2.45) is 5.73 Å². The van der Waals surface area contributed by atoms with Gasteiger partial charge in [-0.1, -0.05) is 6.92 Å². The summed E-state index contributed by atoms with van der Waals surface area (Å²) in [4.78, 5) is 14.0. The molecule has 0 aliphatic heterocycles. The minimum atomic E-state index is -0.543. The first-order chi connectivity index (χ1) is 8.71. The average Bonchev–Trinajstić information content (AvgIpc) is 3.12. The molecule has 1 saturated carbocycles. The fraction of sp³-hybridized carbons (Fsp3) is 0.933. The molecule has 1 atom stereocenters. The van der Waals surface area contributed by atoms with E-state index in [9.17, 15) is 4.79 Å². The van der Waals surface area contributed by atoms with Crippen LogP contribution in [0.15, 0.2) is 0 Å². The average molecular weight is 269 g/mol. The lowest BCUT2D eigenvalue weighted by molar-refractivity contribution is -0.124. The predicted molar refractivity (Wildman–Crippen MR) is 80.0 cm³/mol. The molecule has 4 nitrogen and oxygen atoms in total. The van der Waals surface area contributed by atoms with E-state index in [0.717, 1.165) is 25.8 Å². The predicted octanol–water partition coefficient (Wildman–Crippen LogP) is 1.88. The monoisotopic (exact) mass is 269 g/mol. The summed E-state index contributed by atoms with van der Waals surface area (Å²) in [6.07, 6.45) is 5.26. The summed E-state index contributed by atoms with van der Waals surface area (Å²) in [6.45, 7) is 9.65. The normalized spacial score (nSPS) is 19.5. The van der Waals surface area contributed by atoms with E-state index < -0.39 is 5.54 Å². The van der Waals surface area contributed by atoms with Crippen LogP contribution >= 0.6 is 0 Å². The first kappa shape index (κ1) is 16.4. The van der Waals surface area contributed by atoms with E-state index in [-0.39, 0.29) is 11.4 Å². The zero-order chi connectivity index (χ0) is 14.7. The fourth-order valence-corrected chi connectivity index (χ4v) is 2.19. The maximum atomic E-state index is 11.7. The molecule has 0 heterocycles. The van der Waals surface area contributed by atoms with Crippen molar-refractivity contribution in [1.29, 1.82) is 0 Å². The van der Waals surface area contributed by atoms with Crippen LogP contribution in [0.5, 0.6) is 0 Å².